The largest absolute Gasteiger partial charge is 0.491 e. The molecule has 0 saturated carbocycles. The standard InChI is InChI=1S/C14H23NO/c1-5-12(4)15-10-13-6-8-14(9-7-13)16-11(2)3/h6-9,11-12,15H,5,10H2,1-4H3/t12-/m1/s1. The summed E-state index contributed by atoms with van der Waals surface area (Å²) >= 11 is 0. The van der Waals surface area contributed by atoms with E-state index in [2.05, 4.69) is 31.3 Å². The Hall–Kier alpha value is -1.02. The van der Waals surface area contributed by atoms with Gasteiger partial charge < -0.3 is 10.1 Å². The van der Waals surface area contributed by atoms with Gasteiger partial charge in [0, 0.05) is 12.6 Å². The molecule has 2 nitrogen and oxygen atoms in total. The van der Waals surface area contributed by atoms with Gasteiger partial charge in [-0.2, -0.15) is 0 Å². The predicted octanol–water partition coefficient (Wildman–Crippen LogP) is 3.36. The number of rotatable bonds is 6. The first-order chi connectivity index (χ1) is 7.61. The molecule has 1 atom stereocenters. The summed E-state index contributed by atoms with van der Waals surface area (Å²) in [5.41, 5.74) is 1.30. The molecule has 1 N–H and O–H groups in total. The molecule has 0 fully saturated rings. The van der Waals surface area contributed by atoms with Crippen molar-refractivity contribution >= 4 is 0 Å². The van der Waals surface area contributed by atoms with Gasteiger partial charge in [-0.1, -0.05) is 19.1 Å². The summed E-state index contributed by atoms with van der Waals surface area (Å²) < 4.78 is 5.60. The zero-order valence-corrected chi connectivity index (χ0v) is 10.8. The van der Waals surface area contributed by atoms with Crippen molar-refractivity contribution < 1.29 is 4.74 Å². The van der Waals surface area contributed by atoms with Crippen molar-refractivity contribution in [1.82, 2.24) is 5.32 Å². The molecule has 0 unspecified atom stereocenters. The van der Waals surface area contributed by atoms with Gasteiger partial charge in [0.15, 0.2) is 0 Å². The normalized spacial score (nSPS) is 12.8. The summed E-state index contributed by atoms with van der Waals surface area (Å²) in [4.78, 5) is 0. The Kier molecular flexibility index (Phi) is 5.33. The van der Waals surface area contributed by atoms with Crippen LogP contribution in [0.4, 0.5) is 0 Å². The SMILES string of the molecule is CC[C@@H](C)NCc1ccc(OC(C)C)cc1. The number of benzene rings is 1. The van der Waals surface area contributed by atoms with Crippen molar-refractivity contribution in [2.45, 2.75) is 52.8 Å². The van der Waals surface area contributed by atoms with E-state index in [-0.39, 0.29) is 6.10 Å². The van der Waals surface area contributed by atoms with E-state index < -0.39 is 0 Å². The molecule has 0 saturated heterocycles. The molecule has 1 aromatic rings. The van der Waals surface area contributed by atoms with Gasteiger partial charge in [-0.3, -0.25) is 0 Å². The van der Waals surface area contributed by atoms with Gasteiger partial charge >= 0.3 is 0 Å². The second-order valence-electron chi connectivity index (χ2n) is 4.50. The van der Waals surface area contributed by atoms with Crippen molar-refractivity contribution in [2.24, 2.45) is 0 Å². The monoisotopic (exact) mass is 221 g/mol. The first kappa shape index (κ1) is 13.0. The number of hydrogen-bond acceptors (Lipinski definition) is 2. The van der Waals surface area contributed by atoms with E-state index >= 15 is 0 Å². The summed E-state index contributed by atoms with van der Waals surface area (Å²) in [5, 5.41) is 3.47. The lowest BCUT2D eigenvalue weighted by molar-refractivity contribution is 0.242. The van der Waals surface area contributed by atoms with Crippen LogP contribution in [0, 0.1) is 0 Å². The minimum absolute atomic E-state index is 0.240. The van der Waals surface area contributed by atoms with E-state index in [1.54, 1.807) is 0 Å². The number of ether oxygens (including phenoxy) is 1. The second kappa shape index (κ2) is 6.54. The minimum atomic E-state index is 0.240. The van der Waals surface area contributed by atoms with E-state index in [4.69, 9.17) is 4.74 Å². The topological polar surface area (TPSA) is 21.3 Å². The van der Waals surface area contributed by atoms with Crippen LogP contribution in [-0.4, -0.2) is 12.1 Å². The van der Waals surface area contributed by atoms with Crippen LogP contribution in [0.5, 0.6) is 5.75 Å². The molecule has 1 rings (SSSR count). The maximum absolute atomic E-state index is 5.60. The highest BCUT2D eigenvalue weighted by molar-refractivity contribution is 5.27. The molecule has 0 aliphatic carbocycles. The zero-order valence-electron chi connectivity index (χ0n) is 10.8. The van der Waals surface area contributed by atoms with E-state index in [1.807, 2.05) is 26.0 Å². The molecular formula is C14H23NO. The molecule has 0 radical (unpaired) electrons. The van der Waals surface area contributed by atoms with Gasteiger partial charge in [0.2, 0.25) is 0 Å². The molecule has 90 valence electrons. The van der Waals surface area contributed by atoms with Crippen LogP contribution in [-0.2, 0) is 6.54 Å². The van der Waals surface area contributed by atoms with Gasteiger partial charge in [0.1, 0.15) is 5.75 Å². The molecular weight excluding hydrogens is 198 g/mol. The molecule has 0 spiro atoms. The maximum atomic E-state index is 5.60. The third kappa shape index (κ3) is 4.67. The lowest BCUT2D eigenvalue weighted by Gasteiger charge is -2.12. The molecule has 0 amide bonds. The van der Waals surface area contributed by atoms with Crippen molar-refractivity contribution in [2.75, 3.05) is 0 Å². The third-order valence-electron chi connectivity index (χ3n) is 2.56. The van der Waals surface area contributed by atoms with E-state index in [1.165, 1.54) is 5.56 Å². The van der Waals surface area contributed by atoms with Crippen molar-refractivity contribution in [3.05, 3.63) is 29.8 Å². The average Bonchev–Trinajstić information content (AvgIpc) is 2.27. The molecule has 0 aliphatic rings. The molecule has 16 heavy (non-hydrogen) atoms. The summed E-state index contributed by atoms with van der Waals surface area (Å²) in [6.07, 6.45) is 1.40. The Bertz CT molecular complexity index is 292. The van der Waals surface area contributed by atoms with Gasteiger partial charge in [-0.15, -0.1) is 0 Å². The summed E-state index contributed by atoms with van der Waals surface area (Å²) in [7, 11) is 0. The number of nitrogens with one attached hydrogen (secondary N) is 1. The fourth-order valence-corrected chi connectivity index (χ4v) is 1.39. The Morgan fingerprint density at radius 1 is 1.12 bits per heavy atom. The van der Waals surface area contributed by atoms with Crippen LogP contribution >= 0.6 is 0 Å². The van der Waals surface area contributed by atoms with E-state index in [0.717, 1.165) is 18.7 Å². The van der Waals surface area contributed by atoms with Crippen LogP contribution < -0.4 is 10.1 Å². The van der Waals surface area contributed by atoms with Gasteiger partial charge in [0.25, 0.3) is 0 Å². The summed E-state index contributed by atoms with van der Waals surface area (Å²) in [6, 6.07) is 8.88. The lowest BCUT2D eigenvalue weighted by Crippen LogP contribution is -2.24. The van der Waals surface area contributed by atoms with Crippen LogP contribution in [0.25, 0.3) is 0 Å². The number of hydrogen-bond donors (Lipinski definition) is 1. The van der Waals surface area contributed by atoms with Crippen molar-refractivity contribution in [1.29, 1.82) is 0 Å². The molecule has 0 aliphatic heterocycles. The molecule has 0 bridgehead atoms. The molecule has 0 aromatic heterocycles. The van der Waals surface area contributed by atoms with Crippen LogP contribution in [0.15, 0.2) is 24.3 Å². The maximum Gasteiger partial charge on any atom is 0.119 e. The Morgan fingerprint density at radius 3 is 2.25 bits per heavy atom. The first-order valence-electron chi connectivity index (χ1n) is 6.10. The summed E-state index contributed by atoms with van der Waals surface area (Å²) in [5.74, 6) is 0.947. The second-order valence-corrected chi connectivity index (χ2v) is 4.50. The Morgan fingerprint density at radius 2 is 1.75 bits per heavy atom. The highest BCUT2D eigenvalue weighted by atomic mass is 16.5. The highest BCUT2D eigenvalue weighted by Gasteiger charge is 2.00. The average molecular weight is 221 g/mol. The van der Waals surface area contributed by atoms with Crippen LogP contribution in [0.1, 0.15) is 39.7 Å². The Balaban J connectivity index is 2.45. The first-order valence-corrected chi connectivity index (χ1v) is 6.10. The quantitative estimate of drug-likeness (QED) is 0.795. The zero-order chi connectivity index (χ0) is 12.0. The van der Waals surface area contributed by atoms with Gasteiger partial charge in [-0.05, 0) is 44.9 Å². The minimum Gasteiger partial charge on any atom is -0.491 e. The third-order valence-corrected chi connectivity index (χ3v) is 2.56. The van der Waals surface area contributed by atoms with Gasteiger partial charge in [-0.25, -0.2) is 0 Å². The lowest BCUT2D eigenvalue weighted by atomic mass is 10.2. The molecule has 0 heterocycles. The Labute approximate surface area is 99.0 Å². The smallest absolute Gasteiger partial charge is 0.119 e. The van der Waals surface area contributed by atoms with Gasteiger partial charge in [0.05, 0.1) is 6.10 Å². The highest BCUT2D eigenvalue weighted by Crippen LogP contribution is 2.13. The fourth-order valence-electron chi connectivity index (χ4n) is 1.39. The van der Waals surface area contributed by atoms with E-state index in [9.17, 15) is 0 Å². The van der Waals surface area contributed by atoms with Crippen molar-refractivity contribution in [3.8, 4) is 5.75 Å². The van der Waals surface area contributed by atoms with Crippen LogP contribution in [0.3, 0.4) is 0 Å². The predicted molar refractivity (Wildman–Crippen MR) is 68.8 cm³/mol. The van der Waals surface area contributed by atoms with E-state index in [0.29, 0.717) is 6.04 Å². The van der Waals surface area contributed by atoms with Crippen molar-refractivity contribution in [3.63, 3.8) is 0 Å². The fraction of sp³-hybridized carbons (Fsp3) is 0.571. The van der Waals surface area contributed by atoms with Crippen LogP contribution in [0.2, 0.25) is 0 Å². The summed E-state index contributed by atoms with van der Waals surface area (Å²) in [6.45, 7) is 9.40. The molecule has 1 aromatic carbocycles. The molecule has 2 heteroatoms.